The Morgan fingerprint density at radius 1 is 1.16 bits per heavy atom. The van der Waals surface area contributed by atoms with Crippen LogP contribution in [0.5, 0.6) is 0 Å². The van der Waals surface area contributed by atoms with E-state index >= 15 is 0 Å². The Bertz CT molecular complexity index is 1190. The molecule has 2 aromatic carbocycles. The molecule has 0 aliphatic carbocycles. The van der Waals surface area contributed by atoms with Crippen LogP contribution < -0.4 is 4.90 Å². The normalized spacial score (nSPS) is 14.2. The number of hydrogen-bond donors (Lipinski definition) is 0. The summed E-state index contributed by atoms with van der Waals surface area (Å²) in [6, 6.07) is 11.2. The van der Waals surface area contributed by atoms with Crippen LogP contribution in [0.25, 0.3) is 22.2 Å². The molecule has 3 aromatic rings. The third-order valence-electron chi connectivity index (χ3n) is 5.57. The molecule has 5 nitrogen and oxygen atoms in total. The highest BCUT2D eigenvalue weighted by Crippen LogP contribution is 2.31. The van der Waals surface area contributed by atoms with Gasteiger partial charge in [-0.3, -0.25) is 4.99 Å². The van der Waals surface area contributed by atoms with Gasteiger partial charge in [0.05, 0.1) is 24.4 Å². The molecule has 1 aromatic heterocycles. The van der Waals surface area contributed by atoms with Gasteiger partial charge in [0.25, 0.3) is 0 Å². The van der Waals surface area contributed by atoms with Crippen LogP contribution in [0.2, 0.25) is 0 Å². The van der Waals surface area contributed by atoms with Crippen molar-refractivity contribution in [3.05, 3.63) is 78.0 Å². The van der Waals surface area contributed by atoms with Crippen LogP contribution in [0.1, 0.15) is 19.4 Å². The van der Waals surface area contributed by atoms with Gasteiger partial charge in [-0.2, -0.15) is 0 Å². The Hall–Kier alpha value is -3.38. The summed E-state index contributed by atoms with van der Waals surface area (Å²) in [5, 5.41) is 0.827. The zero-order valence-electron chi connectivity index (χ0n) is 18.5. The molecule has 6 heteroatoms. The van der Waals surface area contributed by atoms with Gasteiger partial charge in [-0.25, -0.2) is 14.4 Å². The molecule has 32 heavy (non-hydrogen) atoms. The second kappa shape index (κ2) is 9.83. The summed E-state index contributed by atoms with van der Waals surface area (Å²) < 4.78 is 20.4. The largest absolute Gasteiger partial charge is 0.378 e. The number of fused-ring (bicyclic) bond motifs is 1. The lowest BCUT2D eigenvalue weighted by molar-refractivity contribution is 0.122. The number of rotatable bonds is 6. The lowest BCUT2D eigenvalue weighted by Gasteiger charge is -2.29. The summed E-state index contributed by atoms with van der Waals surface area (Å²) in [7, 11) is 0. The molecule has 0 unspecified atom stereocenters. The molecule has 1 saturated heterocycles. The average molecular weight is 431 g/mol. The first-order chi connectivity index (χ1) is 15.6. The van der Waals surface area contributed by atoms with E-state index < -0.39 is 0 Å². The molecule has 1 aliphatic rings. The Balaban J connectivity index is 1.72. The summed E-state index contributed by atoms with van der Waals surface area (Å²) in [4.78, 5) is 15.6. The van der Waals surface area contributed by atoms with Gasteiger partial charge in [0, 0.05) is 48.1 Å². The van der Waals surface area contributed by atoms with Crippen molar-refractivity contribution in [1.82, 2.24) is 9.97 Å². The van der Waals surface area contributed by atoms with E-state index in [1.54, 1.807) is 18.4 Å². The van der Waals surface area contributed by atoms with Crippen molar-refractivity contribution >= 4 is 22.8 Å². The maximum absolute atomic E-state index is 14.9. The maximum atomic E-state index is 14.9. The third-order valence-corrected chi connectivity index (χ3v) is 5.57. The summed E-state index contributed by atoms with van der Waals surface area (Å²) in [6.45, 7) is 10.9. The molecular formula is C26H27FN4O. The fourth-order valence-electron chi connectivity index (χ4n) is 3.83. The van der Waals surface area contributed by atoms with Crippen LogP contribution >= 0.6 is 0 Å². The van der Waals surface area contributed by atoms with Crippen LogP contribution in [0.15, 0.2) is 71.6 Å². The third kappa shape index (κ3) is 4.75. The maximum Gasteiger partial charge on any atom is 0.132 e. The second-order valence-corrected chi connectivity index (χ2v) is 7.97. The van der Waals surface area contributed by atoms with Crippen molar-refractivity contribution in [2.45, 2.75) is 20.3 Å². The molecule has 4 rings (SSSR count). The van der Waals surface area contributed by atoms with E-state index in [0.29, 0.717) is 17.7 Å². The fourth-order valence-corrected chi connectivity index (χ4v) is 3.83. The standard InChI is InChI=1S/C26H27FN4O/c1-4-9-28-24(18(2)3)15-19-5-8-23(27)22(14-19)26-21-7-6-20(16-25(21)29-17-30-26)31-10-12-32-13-11-31/h4-9,14,16-17H,1,10-13,15H2,2-3H3/b28-9-. The van der Waals surface area contributed by atoms with Crippen molar-refractivity contribution in [2.24, 2.45) is 4.99 Å². The first-order valence-electron chi connectivity index (χ1n) is 10.7. The van der Waals surface area contributed by atoms with Gasteiger partial charge in [0.15, 0.2) is 0 Å². The molecule has 164 valence electrons. The van der Waals surface area contributed by atoms with Gasteiger partial charge >= 0.3 is 0 Å². The van der Waals surface area contributed by atoms with Crippen LogP contribution in [-0.2, 0) is 11.2 Å². The molecule has 1 aliphatic heterocycles. The number of allylic oxidation sites excluding steroid dienone is 3. The number of nitrogens with zero attached hydrogens (tertiary/aromatic N) is 4. The van der Waals surface area contributed by atoms with Gasteiger partial charge in [0.1, 0.15) is 12.1 Å². The van der Waals surface area contributed by atoms with Gasteiger partial charge in [0.2, 0.25) is 0 Å². The minimum atomic E-state index is -0.306. The molecule has 0 N–H and O–H groups in total. The topological polar surface area (TPSA) is 50.6 Å². The van der Waals surface area contributed by atoms with Crippen molar-refractivity contribution in [1.29, 1.82) is 0 Å². The zero-order valence-corrected chi connectivity index (χ0v) is 18.5. The predicted octanol–water partition coefficient (Wildman–Crippen LogP) is 5.37. The molecule has 0 atom stereocenters. The summed E-state index contributed by atoms with van der Waals surface area (Å²) in [5.41, 5.74) is 5.96. The molecule has 0 saturated carbocycles. The molecule has 0 spiro atoms. The van der Waals surface area contributed by atoms with Crippen molar-refractivity contribution in [3.63, 3.8) is 0 Å². The number of aromatic nitrogens is 2. The molecule has 1 fully saturated rings. The fraction of sp³-hybridized carbons (Fsp3) is 0.269. The van der Waals surface area contributed by atoms with E-state index in [2.05, 4.69) is 26.4 Å². The van der Waals surface area contributed by atoms with Gasteiger partial charge < -0.3 is 9.64 Å². The van der Waals surface area contributed by atoms with E-state index in [0.717, 1.165) is 59.7 Å². The quantitative estimate of drug-likeness (QED) is 0.494. The van der Waals surface area contributed by atoms with Crippen LogP contribution in [0.4, 0.5) is 10.1 Å². The van der Waals surface area contributed by atoms with Gasteiger partial charge in [-0.05, 0) is 49.7 Å². The lowest BCUT2D eigenvalue weighted by atomic mass is 10.00. The number of halogens is 1. The second-order valence-electron chi connectivity index (χ2n) is 7.97. The first-order valence-corrected chi connectivity index (χ1v) is 10.7. The van der Waals surface area contributed by atoms with Crippen molar-refractivity contribution in [2.75, 3.05) is 31.2 Å². The molecule has 2 heterocycles. The monoisotopic (exact) mass is 430 g/mol. The zero-order chi connectivity index (χ0) is 22.5. The smallest absolute Gasteiger partial charge is 0.132 e. The van der Waals surface area contributed by atoms with E-state index in [9.17, 15) is 4.39 Å². The minimum Gasteiger partial charge on any atom is -0.378 e. The van der Waals surface area contributed by atoms with E-state index in [1.165, 1.54) is 12.4 Å². The SMILES string of the molecule is C=C/C=N\C(Cc1ccc(F)c(-c2ncnc3cc(N4CCOCC4)ccc23)c1)=C(C)C. The Morgan fingerprint density at radius 2 is 1.97 bits per heavy atom. The Morgan fingerprint density at radius 3 is 2.72 bits per heavy atom. The number of hydrogen-bond acceptors (Lipinski definition) is 5. The number of morpholine rings is 1. The Kier molecular flexibility index (Phi) is 6.71. The minimum absolute atomic E-state index is 0.306. The Labute approximate surface area is 188 Å². The molecule has 0 bridgehead atoms. The highest BCUT2D eigenvalue weighted by atomic mass is 19.1. The van der Waals surface area contributed by atoms with Crippen LogP contribution in [0, 0.1) is 5.82 Å². The number of aliphatic imine (C=N–C) groups is 1. The van der Waals surface area contributed by atoms with Crippen LogP contribution in [-0.4, -0.2) is 42.5 Å². The molecule has 0 amide bonds. The number of benzene rings is 2. The summed E-state index contributed by atoms with van der Waals surface area (Å²) in [6.07, 6.45) is 5.43. The molecular weight excluding hydrogens is 403 g/mol. The van der Waals surface area contributed by atoms with Crippen molar-refractivity contribution < 1.29 is 9.13 Å². The first kappa shape index (κ1) is 21.8. The van der Waals surface area contributed by atoms with E-state index in [1.807, 2.05) is 38.1 Å². The average Bonchev–Trinajstić information content (AvgIpc) is 2.82. The molecule has 0 radical (unpaired) electrons. The van der Waals surface area contributed by atoms with Crippen LogP contribution in [0.3, 0.4) is 0 Å². The number of anilines is 1. The number of ether oxygens (including phenoxy) is 1. The van der Waals surface area contributed by atoms with E-state index in [-0.39, 0.29) is 5.82 Å². The highest BCUT2D eigenvalue weighted by Gasteiger charge is 2.16. The lowest BCUT2D eigenvalue weighted by Crippen LogP contribution is -2.36. The summed E-state index contributed by atoms with van der Waals surface area (Å²) >= 11 is 0. The van der Waals surface area contributed by atoms with Gasteiger partial charge in [-0.15, -0.1) is 0 Å². The van der Waals surface area contributed by atoms with Gasteiger partial charge in [-0.1, -0.05) is 24.3 Å². The van der Waals surface area contributed by atoms with Crippen molar-refractivity contribution in [3.8, 4) is 11.3 Å². The summed E-state index contributed by atoms with van der Waals surface area (Å²) in [5.74, 6) is -0.306. The van der Waals surface area contributed by atoms with E-state index in [4.69, 9.17) is 4.74 Å². The predicted molar refractivity (Wildman–Crippen MR) is 129 cm³/mol. The highest BCUT2D eigenvalue weighted by molar-refractivity contribution is 5.94.